The fourth-order valence-electron chi connectivity index (χ4n) is 3.52. The molecule has 3 aromatic rings. The Labute approximate surface area is 206 Å². The minimum atomic E-state index is -0.291. The van der Waals surface area contributed by atoms with Crippen molar-refractivity contribution in [2.75, 3.05) is 31.7 Å². The third kappa shape index (κ3) is 5.20. The largest absolute Gasteiger partial charge is 0.394 e. The Hall–Kier alpha value is -3.05. The maximum atomic E-state index is 13.4. The second-order valence-electron chi connectivity index (χ2n) is 7.58. The van der Waals surface area contributed by atoms with Gasteiger partial charge in [0.25, 0.3) is 11.5 Å². The smallest absolute Gasteiger partial charge is 0.267 e. The zero-order chi connectivity index (χ0) is 24.1. The molecule has 1 aromatic carbocycles. The van der Waals surface area contributed by atoms with Crippen LogP contribution >= 0.6 is 24.0 Å². The minimum absolute atomic E-state index is 0.0646. The first-order valence-corrected chi connectivity index (χ1v) is 12.0. The summed E-state index contributed by atoms with van der Waals surface area (Å²) in [6, 6.07) is 13.3. The quantitative estimate of drug-likeness (QED) is 0.265. The molecule has 34 heavy (non-hydrogen) atoms. The number of fused-ring (bicyclic) bond motifs is 1. The van der Waals surface area contributed by atoms with Crippen molar-refractivity contribution in [1.82, 2.24) is 14.3 Å². The van der Waals surface area contributed by atoms with Crippen LogP contribution in [0.15, 0.2) is 58.4 Å². The molecule has 8 nitrogen and oxygen atoms in total. The molecule has 0 saturated carbocycles. The third-order valence-electron chi connectivity index (χ3n) is 5.19. The molecule has 1 aliphatic rings. The second-order valence-corrected chi connectivity index (χ2v) is 9.26. The molecule has 3 heterocycles. The maximum absolute atomic E-state index is 13.4. The van der Waals surface area contributed by atoms with Gasteiger partial charge in [0.2, 0.25) is 0 Å². The number of ether oxygens (including phenoxy) is 1. The van der Waals surface area contributed by atoms with Crippen LogP contribution in [0.25, 0.3) is 11.7 Å². The Kier molecular flexibility index (Phi) is 7.73. The van der Waals surface area contributed by atoms with Gasteiger partial charge in [0.05, 0.1) is 36.8 Å². The highest BCUT2D eigenvalue weighted by Crippen LogP contribution is 2.34. The van der Waals surface area contributed by atoms with Crippen LogP contribution in [0, 0.1) is 6.92 Å². The number of carbonyl (C=O) groups excluding carboxylic acids is 1. The van der Waals surface area contributed by atoms with Gasteiger partial charge in [-0.25, -0.2) is 4.98 Å². The molecule has 1 saturated heterocycles. The van der Waals surface area contributed by atoms with Crippen molar-refractivity contribution in [2.45, 2.75) is 13.5 Å². The van der Waals surface area contributed by atoms with Gasteiger partial charge < -0.3 is 15.2 Å². The van der Waals surface area contributed by atoms with Crippen LogP contribution < -0.4 is 10.9 Å². The molecule has 1 fully saturated rings. The molecule has 0 aliphatic carbocycles. The number of thiocarbonyl (C=S) groups is 1. The molecule has 10 heteroatoms. The highest BCUT2D eigenvalue weighted by Gasteiger charge is 2.32. The van der Waals surface area contributed by atoms with Crippen molar-refractivity contribution >= 4 is 51.7 Å². The zero-order valence-corrected chi connectivity index (χ0v) is 20.2. The van der Waals surface area contributed by atoms with E-state index in [4.69, 9.17) is 22.1 Å². The summed E-state index contributed by atoms with van der Waals surface area (Å²) in [5, 5.41) is 12.0. The molecular formula is C24H24N4O4S2. The van der Waals surface area contributed by atoms with Crippen molar-refractivity contribution in [3.05, 3.63) is 80.6 Å². The molecule has 0 spiro atoms. The van der Waals surface area contributed by atoms with Crippen molar-refractivity contribution < 1.29 is 14.6 Å². The number of aryl methyl sites for hydroxylation is 1. The fourth-order valence-corrected chi connectivity index (χ4v) is 4.75. The van der Waals surface area contributed by atoms with Gasteiger partial charge in [-0.2, -0.15) is 0 Å². The Bertz CT molecular complexity index is 1310. The van der Waals surface area contributed by atoms with Gasteiger partial charge in [-0.1, -0.05) is 60.4 Å². The highest BCUT2D eigenvalue weighted by atomic mass is 32.2. The molecule has 2 aromatic heterocycles. The lowest BCUT2D eigenvalue weighted by molar-refractivity contribution is -0.122. The molecule has 1 aliphatic heterocycles. The number of aliphatic hydroxyl groups is 1. The Morgan fingerprint density at radius 3 is 2.74 bits per heavy atom. The number of thioether (sulfide) groups is 1. The number of amides is 1. The van der Waals surface area contributed by atoms with Gasteiger partial charge in [0, 0.05) is 12.7 Å². The summed E-state index contributed by atoms with van der Waals surface area (Å²) in [5.41, 5.74) is 2.32. The first-order valence-electron chi connectivity index (χ1n) is 10.7. The average molecular weight is 497 g/mol. The highest BCUT2D eigenvalue weighted by molar-refractivity contribution is 8.26. The van der Waals surface area contributed by atoms with E-state index in [-0.39, 0.29) is 30.2 Å². The summed E-state index contributed by atoms with van der Waals surface area (Å²) in [6.07, 6.45) is 3.22. The van der Waals surface area contributed by atoms with E-state index in [9.17, 15) is 9.59 Å². The number of benzene rings is 1. The van der Waals surface area contributed by atoms with Crippen LogP contribution in [0.1, 0.15) is 16.7 Å². The summed E-state index contributed by atoms with van der Waals surface area (Å²) in [7, 11) is 0. The van der Waals surface area contributed by atoms with E-state index in [0.717, 1.165) is 11.1 Å². The number of aromatic nitrogens is 2. The normalized spacial score (nSPS) is 15.0. The Balaban J connectivity index is 1.68. The molecule has 0 radical (unpaired) electrons. The predicted octanol–water partition coefficient (Wildman–Crippen LogP) is 2.83. The van der Waals surface area contributed by atoms with Gasteiger partial charge in [0.1, 0.15) is 15.8 Å². The lowest BCUT2D eigenvalue weighted by Gasteiger charge is -2.14. The summed E-state index contributed by atoms with van der Waals surface area (Å²) in [4.78, 5) is 33.1. The van der Waals surface area contributed by atoms with Crippen molar-refractivity contribution in [3.8, 4) is 0 Å². The SMILES string of the molecule is Cc1cccn2c(=O)c(/C=C3/SC(=S)N(Cc4ccccc4)C3=O)c(NCCOCCO)nc12. The second kappa shape index (κ2) is 10.9. The number of anilines is 1. The van der Waals surface area contributed by atoms with Crippen LogP contribution in [0.5, 0.6) is 0 Å². The van der Waals surface area contributed by atoms with Crippen LogP contribution in [0.3, 0.4) is 0 Å². The number of carbonyl (C=O) groups is 1. The number of nitrogens with one attached hydrogen (secondary N) is 1. The summed E-state index contributed by atoms with van der Waals surface area (Å²) in [5.74, 6) is 0.116. The van der Waals surface area contributed by atoms with Crippen molar-refractivity contribution in [1.29, 1.82) is 0 Å². The Morgan fingerprint density at radius 1 is 1.18 bits per heavy atom. The van der Waals surface area contributed by atoms with Crippen LogP contribution in [-0.4, -0.2) is 56.0 Å². The van der Waals surface area contributed by atoms with Gasteiger partial charge in [-0.15, -0.1) is 0 Å². The topological polar surface area (TPSA) is 96.2 Å². The van der Waals surface area contributed by atoms with Crippen molar-refractivity contribution in [2.24, 2.45) is 0 Å². The number of hydrogen-bond donors (Lipinski definition) is 2. The molecule has 2 N–H and O–H groups in total. The predicted molar refractivity (Wildman–Crippen MR) is 138 cm³/mol. The number of hydrogen-bond acceptors (Lipinski definition) is 8. The van der Waals surface area contributed by atoms with Crippen LogP contribution in [0.4, 0.5) is 5.82 Å². The van der Waals surface area contributed by atoms with E-state index in [1.54, 1.807) is 18.3 Å². The maximum Gasteiger partial charge on any atom is 0.267 e. The standard InChI is InChI=1S/C24H24N4O4S2/c1-16-6-5-10-27-21(16)26-20(25-9-12-32-13-11-29)18(22(27)30)14-19-23(31)28(24(33)34-19)15-17-7-3-2-4-8-17/h2-8,10,14,25,29H,9,11-13,15H2,1H3/b19-14+. The Morgan fingerprint density at radius 2 is 1.97 bits per heavy atom. The zero-order valence-electron chi connectivity index (χ0n) is 18.6. The van der Waals surface area contributed by atoms with Crippen LogP contribution in [-0.2, 0) is 16.1 Å². The molecule has 0 atom stereocenters. The fraction of sp³-hybridized carbons (Fsp3) is 0.250. The van der Waals surface area contributed by atoms with E-state index in [1.807, 2.05) is 43.3 Å². The lowest BCUT2D eigenvalue weighted by Crippen LogP contribution is -2.27. The number of aliphatic hydroxyl groups excluding tert-OH is 1. The lowest BCUT2D eigenvalue weighted by atomic mass is 10.2. The first-order chi connectivity index (χ1) is 16.5. The molecular weight excluding hydrogens is 472 g/mol. The molecule has 176 valence electrons. The average Bonchev–Trinajstić information content (AvgIpc) is 3.10. The number of rotatable bonds is 9. The van der Waals surface area contributed by atoms with E-state index < -0.39 is 0 Å². The minimum Gasteiger partial charge on any atom is -0.394 e. The van der Waals surface area contributed by atoms with Crippen LogP contribution in [0.2, 0.25) is 0 Å². The summed E-state index contributed by atoms with van der Waals surface area (Å²) < 4.78 is 7.21. The molecule has 0 unspecified atom stereocenters. The molecule has 1 amide bonds. The molecule has 0 bridgehead atoms. The summed E-state index contributed by atoms with van der Waals surface area (Å²) in [6.45, 7) is 3.11. The van der Waals surface area contributed by atoms with E-state index in [0.29, 0.717) is 40.4 Å². The van der Waals surface area contributed by atoms with Gasteiger partial charge >= 0.3 is 0 Å². The third-order valence-corrected chi connectivity index (χ3v) is 6.57. The van der Waals surface area contributed by atoms with E-state index >= 15 is 0 Å². The van der Waals surface area contributed by atoms with Gasteiger partial charge in [-0.05, 0) is 30.2 Å². The van der Waals surface area contributed by atoms with E-state index in [2.05, 4.69) is 10.3 Å². The number of pyridine rings is 1. The van der Waals surface area contributed by atoms with E-state index in [1.165, 1.54) is 21.1 Å². The number of nitrogens with zero attached hydrogens (tertiary/aromatic N) is 3. The monoisotopic (exact) mass is 496 g/mol. The van der Waals surface area contributed by atoms with Gasteiger partial charge in [0.15, 0.2) is 0 Å². The molecule has 4 rings (SSSR count). The summed E-state index contributed by atoms with van der Waals surface area (Å²) >= 11 is 6.63. The van der Waals surface area contributed by atoms with Gasteiger partial charge in [-0.3, -0.25) is 18.9 Å². The first kappa shape index (κ1) is 24.1. The van der Waals surface area contributed by atoms with Crippen molar-refractivity contribution in [3.63, 3.8) is 0 Å².